The van der Waals surface area contributed by atoms with Crippen molar-refractivity contribution in [2.45, 2.75) is 259 Å². The lowest BCUT2D eigenvalue weighted by atomic mass is 10.0. The molecule has 0 saturated heterocycles. The molecule has 0 atom stereocenters. The molecule has 6 heterocycles. The maximum absolute atomic E-state index is 3.95. The summed E-state index contributed by atoms with van der Waals surface area (Å²) in [5.41, 5.74) is 6.41. The van der Waals surface area contributed by atoms with Crippen LogP contribution in [0, 0.1) is 11.8 Å². The van der Waals surface area contributed by atoms with Crippen LogP contribution in [-0.4, -0.2) is 0 Å². The Balaban J connectivity index is 1.21. The van der Waals surface area contributed by atoms with Crippen molar-refractivity contribution >= 4 is 106 Å². The summed E-state index contributed by atoms with van der Waals surface area (Å²) in [6.07, 6.45) is 49.1. The molecule has 0 bridgehead atoms. The lowest BCUT2D eigenvalue weighted by molar-refractivity contribution is 0.576. The maximum Gasteiger partial charge on any atom is 0.0826 e. The third kappa shape index (κ3) is 15.7. The highest BCUT2D eigenvalue weighted by molar-refractivity contribution is 7.39. The number of rotatable bonds is 36. The van der Waals surface area contributed by atoms with E-state index >= 15 is 0 Å². The van der Waals surface area contributed by atoms with E-state index in [1.165, 1.54) is 241 Å². The first-order valence-electron chi connectivity index (χ1n) is 27.1. The van der Waals surface area contributed by atoms with E-state index in [-0.39, 0.29) is 0 Å². The zero-order valence-electron chi connectivity index (χ0n) is 41.1. The van der Waals surface area contributed by atoms with Crippen molar-refractivity contribution in [3.05, 3.63) is 42.8 Å². The van der Waals surface area contributed by atoms with Crippen LogP contribution in [-0.2, 0) is 25.7 Å². The first-order valence-corrected chi connectivity index (χ1v) is 32.1. The smallest absolute Gasteiger partial charge is 0.0826 e. The normalized spacial score (nSPS) is 12.0. The average Bonchev–Trinajstić information content (AvgIpc) is 4.15. The van der Waals surface area contributed by atoms with Gasteiger partial charge in [0, 0.05) is 0 Å². The van der Waals surface area contributed by atoms with Gasteiger partial charge in [0.15, 0.2) is 0 Å². The van der Waals surface area contributed by atoms with Gasteiger partial charge in [-0.25, -0.2) is 0 Å². The van der Waals surface area contributed by atoms with E-state index in [0.717, 1.165) is 0 Å². The van der Waals surface area contributed by atoms with Crippen molar-refractivity contribution in [3.8, 4) is 11.8 Å². The summed E-state index contributed by atoms with van der Waals surface area (Å²) >= 11 is 12.4. The van der Waals surface area contributed by atoms with Gasteiger partial charge in [-0.1, -0.05) is 207 Å². The molecular weight excluding hydrogens is 889 g/mol. The minimum atomic E-state index is 1.18. The predicted octanol–water partition coefficient (Wildman–Crippen LogP) is 22.8. The van der Waals surface area contributed by atoms with Crippen LogP contribution in [0.4, 0.5) is 0 Å². The van der Waals surface area contributed by atoms with Crippen molar-refractivity contribution in [2.75, 3.05) is 0 Å². The van der Waals surface area contributed by atoms with Gasteiger partial charge >= 0.3 is 0 Å². The second-order valence-corrected chi connectivity index (χ2v) is 25.2. The monoisotopic (exact) mass is 975 g/mol. The van der Waals surface area contributed by atoms with Crippen LogP contribution in [0.1, 0.15) is 265 Å². The largest absolute Gasteiger partial charge is 0.141 e. The van der Waals surface area contributed by atoms with E-state index in [4.69, 9.17) is 0 Å². The van der Waals surface area contributed by atoms with Gasteiger partial charge in [-0.15, -0.1) is 68.0 Å². The van der Waals surface area contributed by atoms with Crippen LogP contribution >= 0.6 is 68.0 Å². The molecule has 6 aromatic rings. The molecule has 0 aliphatic rings. The molecule has 0 amide bonds. The summed E-state index contributed by atoms with van der Waals surface area (Å²) in [5, 5.41) is 5.01. The Morgan fingerprint density at radius 2 is 0.562 bits per heavy atom. The Kier molecular flexibility index (Phi) is 24.7. The summed E-state index contributed by atoms with van der Waals surface area (Å²) in [6.45, 7) is 9.29. The van der Waals surface area contributed by atoms with Crippen LogP contribution in [0.15, 0.2) is 10.8 Å². The quantitative estimate of drug-likeness (QED) is 0.0272. The molecule has 0 nitrogen and oxygen atoms in total. The first-order chi connectivity index (χ1) is 31.7. The molecule has 0 radical (unpaired) electrons. The lowest BCUT2D eigenvalue weighted by Crippen LogP contribution is -1.89. The maximum atomic E-state index is 3.95. The molecule has 0 saturated carbocycles. The summed E-state index contributed by atoms with van der Waals surface area (Å²) < 4.78 is 12.5. The van der Waals surface area contributed by atoms with Gasteiger partial charge in [-0.2, -0.15) is 0 Å². The highest BCUT2D eigenvalue weighted by atomic mass is 32.1. The molecule has 0 unspecified atom stereocenters. The van der Waals surface area contributed by atoms with Gasteiger partial charge in [0.1, 0.15) is 0 Å². The fourth-order valence-corrected chi connectivity index (χ4v) is 18.3. The number of hydrogen-bond donors (Lipinski definition) is 0. The van der Waals surface area contributed by atoms with Gasteiger partial charge in [0.2, 0.25) is 0 Å². The average molecular weight is 976 g/mol. The molecule has 0 spiro atoms. The Hall–Kier alpha value is -1.20. The standard InChI is InChI=1S/C58H86S6/c1-5-9-13-17-21-25-29-33-37-45-43-59-55-51(45)63-53-47(39-35-31-27-23-19-15-11-7-3)49(61-57(53)55)41-42-50-48(40-36-32-28-24-20-16-12-8-4)54-58(62-50)56-52(64-54)46(44-60-56)38-34-30-26-22-18-14-10-6-2/h43-44H,5-40H2,1-4H3. The molecule has 0 fully saturated rings. The molecule has 6 aromatic heterocycles. The Labute approximate surface area is 415 Å². The Morgan fingerprint density at radius 3 is 0.875 bits per heavy atom. The third-order valence-corrected chi connectivity index (χ3v) is 21.7. The van der Waals surface area contributed by atoms with E-state index in [0.29, 0.717) is 0 Å². The van der Waals surface area contributed by atoms with E-state index in [9.17, 15) is 0 Å². The Bertz CT molecular complexity index is 2070. The zero-order valence-corrected chi connectivity index (χ0v) is 46.0. The zero-order chi connectivity index (χ0) is 44.6. The van der Waals surface area contributed by atoms with Crippen LogP contribution in [0.2, 0.25) is 0 Å². The van der Waals surface area contributed by atoms with E-state index in [2.05, 4.69) is 73.0 Å². The molecule has 0 aliphatic carbocycles. The fraction of sp³-hybridized carbons (Fsp3) is 0.690. The second-order valence-electron chi connectivity index (χ2n) is 19.3. The summed E-state index contributed by atoms with van der Waals surface area (Å²) in [6, 6.07) is 0. The van der Waals surface area contributed by atoms with E-state index < -0.39 is 0 Å². The minimum Gasteiger partial charge on any atom is -0.141 e. The van der Waals surface area contributed by atoms with Crippen LogP contribution in [0.25, 0.3) is 37.6 Å². The van der Waals surface area contributed by atoms with Crippen molar-refractivity contribution in [1.82, 2.24) is 0 Å². The molecular formula is C58H86S6. The van der Waals surface area contributed by atoms with E-state index in [1.54, 1.807) is 59.9 Å². The number of aryl methyl sites for hydroxylation is 4. The summed E-state index contributed by atoms with van der Waals surface area (Å²) in [4.78, 5) is 2.74. The Morgan fingerprint density at radius 1 is 0.281 bits per heavy atom. The SMILES string of the molecule is CCCCCCCCCCc1csc2c1sc1c(CCCCCCCCCC)c(C#Cc3sc4c(sc5c(CCCCCCCCCC)csc54)c3CCCCCCCCCC)sc12. The number of unbranched alkanes of at least 4 members (excludes halogenated alkanes) is 28. The van der Waals surface area contributed by atoms with Crippen LogP contribution < -0.4 is 0 Å². The molecule has 0 aromatic carbocycles. The molecule has 0 N–H and O–H groups in total. The second kappa shape index (κ2) is 30.3. The highest BCUT2D eigenvalue weighted by Gasteiger charge is 2.22. The predicted molar refractivity (Wildman–Crippen MR) is 301 cm³/mol. The topological polar surface area (TPSA) is 0 Å². The van der Waals surface area contributed by atoms with Crippen LogP contribution in [0.5, 0.6) is 0 Å². The molecule has 6 rings (SSSR count). The minimum absolute atomic E-state index is 1.18. The van der Waals surface area contributed by atoms with Gasteiger partial charge in [0.05, 0.1) is 47.4 Å². The van der Waals surface area contributed by atoms with Gasteiger partial charge < -0.3 is 0 Å². The molecule has 64 heavy (non-hydrogen) atoms. The van der Waals surface area contributed by atoms with Gasteiger partial charge in [-0.05, 0) is 96.2 Å². The first kappa shape index (κ1) is 52.2. The molecule has 6 heteroatoms. The van der Waals surface area contributed by atoms with Crippen molar-refractivity contribution in [2.24, 2.45) is 0 Å². The fourth-order valence-electron chi connectivity index (χ4n) is 9.81. The van der Waals surface area contributed by atoms with Gasteiger partial charge in [-0.3, -0.25) is 0 Å². The van der Waals surface area contributed by atoms with Crippen LogP contribution in [0.3, 0.4) is 0 Å². The molecule has 0 aliphatic heterocycles. The number of fused-ring (bicyclic) bond motifs is 6. The van der Waals surface area contributed by atoms with Crippen molar-refractivity contribution in [1.29, 1.82) is 0 Å². The molecule has 354 valence electrons. The summed E-state index contributed by atoms with van der Waals surface area (Å²) in [7, 11) is 0. The highest BCUT2D eigenvalue weighted by Crippen LogP contribution is 2.49. The summed E-state index contributed by atoms with van der Waals surface area (Å²) in [5.74, 6) is 7.89. The number of hydrogen-bond acceptors (Lipinski definition) is 6. The lowest BCUT2D eigenvalue weighted by Gasteiger charge is -2.03. The van der Waals surface area contributed by atoms with E-state index in [1.807, 2.05) is 45.3 Å². The number of thiophene rings is 6. The third-order valence-electron chi connectivity index (χ3n) is 13.8. The van der Waals surface area contributed by atoms with Gasteiger partial charge in [0.25, 0.3) is 0 Å². The van der Waals surface area contributed by atoms with Crippen molar-refractivity contribution < 1.29 is 0 Å². The van der Waals surface area contributed by atoms with Crippen molar-refractivity contribution in [3.63, 3.8) is 0 Å².